The first-order valence-corrected chi connectivity index (χ1v) is 6.69. The summed E-state index contributed by atoms with van der Waals surface area (Å²) in [4.78, 5) is 0. The van der Waals surface area contributed by atoms with E-state index in [1.807, 2.05) is 0 Å². The summed E-state index contributed by atoms with van der Waals surface area (Å²) in [6.45, 7) is 2.12. The van der Waals surface area contributed by atoms with Gasteiger partial charge < -0.3 is 4.74 Å². The lowest BCUT2D eigenvalue weighted by molar-refractivity contribution is -0.0419. The van der Waals surface area contributed by atoms with Gasteiger partial charge in [-0.15, -0.1) is 0 Å². The molecule has 1 aliphatic carbocycles. The second-order valence-corrected chi connectivity index (χ2v) is 4.89. The molecule has 0 amide bonds. The van der Waals surface area contributed by atoms with Crippen molar-refractivity contribution in [3.63, 3.8) is 0 Å². The van der Waals surface area contributed by atoms with E-state index in [4.69, 9.17) is 4.74 Å². The Morgan fingerprint density at radius 2 is 2.27 bits per heavy atom. The van der Waals surface area contributed by atoms with Gasteiger partial charge in [0.05, 0.1) is 12.2 Å². The van der Waals surface area contributed by atoms with Crippen LogP contribution in [-0.2, 0) is 4.74 Å². The van der Waals surface area contributed by atoms with Crippen LogP contribution in [0.15, 0.2) is 24.3 Å². The zero-order valence-corrected chi connectivity index (χ0v) is 10.7. The van der Waals surface area contributed by atoms with Gasteiger partial charge in [-0.3, -0.25) is 0 Å². The van der Waals surface area contributed by atoms with E-state index in [-0.39, 0.29) is 6.10 Å². The second-order valence-electron chi connectivity index (χ2n) is 4.25. The van der Waals surface area contributed by atoms with Crippen LogP contribution < -0.4 is 0 Å². The minimum atomic E-state index is 0.218. The van der Waals surface area contributed by atoms with Gasteiger partial charge in [0.1, 0.15) is 0 Å². The molecular formula is C13H17BrO. The number of halogens is 1. The molecule has 2 rings (SSSR count). The summed E-state index contributed by atoms with van der Waals surface area (Å²) < 4.78 is 6.03. The molecule has 0 saturated heterocycles. The molecule has 1 aromatic rings. The van der Waals surface area contributed by atoms with Crippen molar-refractivity contribution in [3.8, 4) is 0 Å². The number of ether oxygens (including phenoxy) is 1. The third kappa shape index (κ3) is 2.82. The SMILES string of the molecule is Cc1cccc(C(CBr)OC2CCC2)c1. The molecule has 15 heavy (non-hydrogen) atoms. The Bertz CT molecular complexity index is 320. The van der Waals surface area contributed by atoms with E-state index in [1.165, 1.54) is 30.4 Å². The van der Waals surface area contributed by atoms with E-state index < -0.39 is 0 Å². The molecule has 1 aliphatic rings. The lowest BCUT2D eigenvalue weighted by Gasteiger charge is -2.30. The fraction of sp³-hybridized carbons (Fsp3) is 0.538. The highest BCUT2D eigenvalue weighted by molar-refractivity contribution is 9.09. The topological polar surface area (TPSA) is 9.23 Å². The van der Waals surface area contributed by atoms with Crippen LogP contribution in [0.25, 0.3) is 0 Å². The predicted molar refractivity (Wildman–Crippen MR) is 66.4 cm³/mol. The first kappa shape index (κ1) is 11.2. The molecule has 1 atom stereocenters. The third-order valence-corrected chi connectivity index (χ3v) is 3.55. The largest absolute Gasteiger partial charge is 0.369 e. The van der Waals surface area contributed by atoms with Gasteiger partial charge in [-0.25, -0.2) is 0 Å². The van der Waals surface area contributed by atoms with Gasteiger partial charge in [-0.05, 0) is 31.7 Å². The molecule has 1 unspecified atom stereocenters. The van der Waals surface area contributed by atoms with Crippen molar-refractivity contribution < 1.29 is 4.74 Å². The van der Waals surface area contributed by atoms with Crippen molar-refractivity contribution in [2.75, 3.05) is 5.33 Å². The van der Waals surface area contributed by atoms with Crippen molar-refractivity contribution in [1.29, 1.82) is 0 Å². The number of benzene rings is 1. The summed E-state index contributed by atoms with van der Waals surface area (Å²) in [6, 6.07) is 8.59. The molecule has 0 aromatic heterocycles. The standard InChI is InChI=1S/C13H17BrO/c1-10-4-2-5-11(8-10)13(9-14)15-12-6-3-7-12/h2,4-5,8,12-13H,3,6-7,9H2,1H3. The van der Waals surface area contributed by atoms with E-state index in [0.29, 0.717) is 6.10 Å². The monoisotopic (exact) mass is 268 g/mol. The average Bonchev–Trinajstić information content (AvgIpc) is 2.16. The van der Waals surface area contributed by atoms with E-state index in [9.17, 15) is 0 Å². The Hall–Kier alpha value is -0.340. The fourth-order valence-electron chi connectivity index (χ4n) is 1.81. The quantitative estimate of drug-likeness (QED) is 0.751. The Morgan fingerprint density at radius 3 is 2.80 bits per heavy atom. The first-order chi connectivity index (χ1) is 7.29. The molecule has 0 aliphatic heterocycles. The Morgan fingerprint density at radius 1 is 1.47 bits per heavy atom. The lowest BCUT2D eigenvalue weighted by atomic mass is 9.95. The maximum absolute atomic E-state index is 6.03. The van der Waals surface area contributed by atoms with Crippen LogP contribution in [0.4, 0.5) is 0 Å². The molecule has 0 radical (unpaired) electrons. The highest BCUT2D eigenvalue weighted by atomic mass is 79.9. The van der Waals surface area contributed by atoms with Gasteiger partial charge in [0, 0.05) is 5.33 Å². The van der Waals surface area contributed by atoms with Gasteiger partial charge in [-0.2, -0.15) is 0 Å². The first-order valence-electron chi connectivity index (χ1n) is 5.57. The van der Waals surface area contributed by atoms with Gasteiger partial charge in [-0.1, -0.05) is 45.8 Å². The van der Waals surface area contributed by atoms with Crippen molar-refractivity contribution in [2.45, 2.75) is 38.4 Å². The maximum atomic E-state index is 6.03. The molecular weight excluding hydrogens is 252 g/mol. The smallest absolute Gasteiger partial charge is 0.0925 e. The molecule has 0 N–H and O–H groups in total. The van der Waals surface area contributed by atoms with Crippen LogP contribution >= 0.6 is 15.9 Å². The van der Waals surface area contributed by atoms with E-state index in [0.717, 1.165) is 5.33 Å². The minimum absolute atomic E-state index is 0.218. The molecule has 0 spiro atoms. The molecule has 1 aromatic carbocycles. The van der Waals surface area contributed by atoms with Gasteiger partial charge in [0.25, 0.3) is 0 Å². The summed E-state index contributed by atoms with van der Waals surface area (Å²) >= 11 is 3.53. The van der Waals surface area contributed by atoms with Crippen molar-refractivity contribution in [3.05, 3.63) is 35.4 Å². The Labute approximate surface area is 100.0 Å². The normalized spacial score (nSPS) is 18.5. The van der Waals surface area contributed by atoms with E-state index in [2.05, 4.69) is 47.1 Å². The van der Waals surface area contributed by atoms with E-state index in [1.54, 1.807) is 0 Å². The number of alkyl halides is 1. The maximum Gasteiger partial charge on any atom is 0.0925 e. The summed E-state index contributed by atoms with van der Waals surface area (Å²) in [5.41, 5.74) is 2.59. The average molecular weight is 269 g/mol. The molecule has 1 nitrogen and oxygen atoms in total. The van der Waals surface area contributed by atoms with Crippen molar-refractivity contribution in [2.24, 2.45) is 0 Å². The van der Waals surface area contributed by atoms with Crippen LogP contribution in [0.3, 0.4) is 0 Å². The van der Waals surface area contributed by atoms with Crippen LogP contribution in [0, 0.1) is 6.92 Å². The number of hydrogen-bond acceptors (Lipinski definition) is 1. The number of hydrogen-bond donors (Lipinski definition) is 0. The van der Waals surface area contributed by atoms with Crippen molar-refractivity contribution >= 4 is 15.9 Å². The van der Waals surface area contributed by atoms with Crippen LogP contribution in [0.1, 0.15) is 36.5 Å². The predicted octanol–water partition coefficient (Wildman–Crippen LogP) is 4.00. The van der Waals surface area contributed by atoms with Gasteiger partial charge in [0.2, 0.25) is 0 Å². The fourth-order valence-corrected chi connectivity index (χ4v) is 2.34. The molecule has 0 heterocycles. The van der Waals surface area contributed by atoms with Crippen LogP contribution in [-0.4, -0.2) is 11.4 Å². The molecule has 82 valence electrons. The highest BCUT2D eigenvalue weighted by Gasteiger charge is 2.22. The molecule has 1 fully saturated rings. The summed E-state index contributed by atoms with van der Waals surface area (Å²) in [7, 11) is 0. The highest BCUT2D eigenvalue weighted by Crippen LogP contribution is 2.30. The number of rotatable bonds is 4. The second kappa shape index (κ2) is 5.13. The Balaban J connectivity index is 2.04. The summed E-state index contributed by atoms with van der Waals surface area (Å²) in [6.07, 6.45) is 4.50. The van der Waals surface area contributed by atoms with Gasteiger partial charge >= 0.3 is 0 Å². The molecule has 1 saturated carbocycles. The van der Waals surface area contributed by atoms with Crippen LogP contribution in [0.5, 0.6) is 0 Å². The lowest BCUT2D eigenvalue weighted by Crippen LogP contribution is -2.24. The third-order valence-electron chi connectivity index (χ3n) is 2.96. The number of aryl methyl sites for hydroxylation is 1. The Kier molecular flexibility index (Phi) is 3.81. The van der Waals surface area contributed by atoms with Crippen molar-refractivity contribution in [1.82, 2.24) is 0 Å². The molecule has 0 bridgehead atoms. The summed E-state index contributed by atoms with van der Waals surface area (Å²) in [5.74, 6) is 0. The summed E-state index contributed by atoms with van der Waals surface area (Å²) in [5, 5.41) is 0.882. The zero-order valence-electron chi connectivity index (χ0n) is 9.08. The van der Waals surface area contributed by atoms with Crippen LogP contribution in [0.2, 0.25) is 0 Å². The van der Waals surface area contributed by atoms with Gasteiger partial charge in [0.15, 0.2) is 0 Å². The zero-order chi connectivity index (χ0) is 10.7. The minimum Gasteiger partial charge on any atom is -0.369 e. The molecule has 2 heteroatoms. The van der Waals surface area contributed by atoms with E-state index >= 15 is 0 Å².